The van der Waals surface area contributed by atoms with E-state index >= 15 is 0 Å². The van der Waals surface area contributed by atoms with Crippen LogP contribution in [0.15, 0.2) is 24.3 Å². The summed E-state index contributed by atoms with van der Waals surface area (Å²) in [6, 6.07) is 7.42. The first-order chi connectivity index (χ1) is 9.83. The van der Waals surface area contributed by atoms with Gasteiger partial charge in [0.15, 0.2) is 0 Å². The lowest BCUT2D eigenvalue weighted by molar-refractivity contribution is -0.135. The molecule has 21 heavy (non-hydrogen) atoms. The molecule has 2 rings (SSSR count). The molecule has 1 amide bonds. The molecule has 1 N–H and O–H groups in total. The van der Waals surface area contributed by atoms with Gasteiger partial charge in [0, 0.05) is 6.54 Å². The van der Waals surface area contributed by atoms with Crippen molar-refractivity contribution in [2.45, 2.75) is 38.8 Å². The molecule has 1 heterocycles. The van der Waals surface area contributed by atoms with Crippen molar-refractivity contribution in [1.29, 1.82) is 0 Å². The first kappa shape index (κ1) is 16.0. The Bertz CT molecular complexity index is 628. The minimum Gasteiger partial charge on any atom is -0.334 e. The Morgan fingerprint density at radius 1 is 1.43 bits per heavy atom. The lowest BCUT2D eigenvalue weighted by Gasteiger charge is -2.38. The van der Waals surface area contributed by atoms with Crippen molar-refractivity contribution >= 4 is 15.9 Å². The third kappa shape index (κ3) is 3.63. The summed E-state index contributed by atoms with van der Waals surface area (Å²) in [6.45, 7) is 4.27. The van der Waals surface area contributed by atoms with E-state index in [9.17, 15) is 13.2 Å². The van der Waals surface area contributed by atoms with Gasteiger partial charge in [-0.25, -0.2) is 13.1 Å². The van der Waals surface area contributed by atoms with Gasteiger partial charge < -0.3 is 4.90 Å². The normalized spacial score (nSPS) is 20.0. The van der Waals surface area contributed by atoms with E-state index in [1.165, 1.54) is 11.1 Å². The smallest absolute Gasteiger partial charge is 0.240 e. The first-order valence-corrected chi connectivity index (χ1v) is 9.08. The molecule has 1 aromatic carbocycles. The van der Waals surface area contributed by atoms with Gasteiger partial charge in [0.25, 0.3) is 0 Å². The SMILES string of the molecule is CC[C@@H]1c2ccccc2CCN1C(=O)[C@@H](C)NS(C)(=O)=O. The molecule has 1 aliphatic rings. The fourth-order valence-electron chi connectivity index (χ4n) is 2.98. The monoisotopic (exact) mass is 310 g/mol. The zero-order chi connectivity index (χ0) is 15.6. The van der Waals surface area contributed by atoms with Crippen molar-refractivity contribution in [1.82, 2.24) is 9.62 Å². The van der Waals surface area contributed by atoms with E-state index in [2.05, 4.69) is 16.9 Å². The molecule has 0 unspecified atom stereocenters. The number of carbonyl (C=O) groups excluding carboxylic acids is 1. The van der Waals surface area contributed by atoms with Crippen molar-refractivity contribution in [2.75, 3.05) is 12.8 Å². The molecule has 0 radical (unpaired) electrons. The average molecular weight is 310 g/mol. The zero-order valence-electron chi connectivity index (χ0n) is 12.7. The van der Waals surface area contributed by atoms with Crippen molar-refractivity contribution in [3.05, 3.63) is 35.4 Å². The van der Waals surface area contributed by atoms with Crippen LogP contribution in [0.25, 0.3) is 0 Å². The van der Waals surface area contributed by atoms with Gasteiger partial charge in [0.1, 0.15) is 0 Å². The molecule has 0 aromatic heterocycles. The summed E-state index contributed by atoms with van der Waals surface area (Å²) in [7, 11) is -3.39. The molecule has 1 aromatic rings. The molecular weight excluding hydrogens is 288 g/mol. The molecule has 0 aliphatic carbocycles. The number of sulfonamides is 1. The maximum Gasteiger partial charge on any atom is 0.240 e. The van der Waals surface area contributed by atoms with Crippen LogP contribution in [-0.2, 0) is 21.2 Å². The molecule has 0 saturated carbocycles. The topological polar surface area (TPSA) is 66.5 Å². The van der Waals surface area contributed by atoms with Gasteiger partial charge in [-0.05, 0) is 30.9 Å². The fraction of sp³-hybridized carbons (Fsp3) is 0.533. The van der Waals surface area contributed by atoms with Crippen LogP contribution in [0.1, 0.15) is 37.4 Å². The van der Waals surface area contributed by atoms with Gasteiger partial charge in [0.05, 0.1) is 18.3 Å². The van der Waals surface area contributed by atoms with Gasteiger partial charge in [-0.15, -0.1) is 0 Å². The predicted octanol–water partition coefficient (Wildman–Crippen LogP) is 1.46. The fourth-order valence-corrected chi connectivity index (χ4v) is 3.72. The molecule has 6 heteroatoms. The second-order valence-corrected chi connectivity index (χ2v) is 7.30. The molecule has 0 fully saturated rings. The van der Waals surface area contributed by atoms with Crippen LogP contribution in [0.3, 0.4) is 0 Å². The van der Waals surface area contributed by atoms with Crippen LogP contribution in [-0.4, -0.2) is 38.1 Å². The van der Waals surface area contributed by atoms with E-state index in [4.69, 9.17) is 0 Å². The van der Waals surface area contributed by atoms with Crippen molar-refractivity contribution < 1.29 is 13.2 Å². The molecule has 0 saturated heterocycles. The standard InChI is InChI=1S/C15H22N2O3S/c1-4-14-13-8-6-5-7-12(13)9-10-17(14)15(18)11(2)16-21(3,19)20/h5-8,11,14,16H,4,9-10H2,1-3H3/t11-,14-/m1/s1. The largest absolute Gasteiger partial charge is 0.334 e. The Hall–Kier alpha value is -1.40. The number of nitrogens with one attached hydrogen (secondary N) is 1. The highest BCUT2D eigenvalue weighted by atomic mass is 32.2. The number of amides is 1. The maximum absolute atomic E-state index is 12.6. The van der Waals surface area contributed by atoms with E-state index < -0.39 is 16.1 Å². The highest BCUT2D eigenvalue weighted by Gasteiger charge is 2.32. The summed E-state index contributed by atoms with van der Waals surface area (Å²) in [5.41, 5.74) is 2.45. The molecular formula is C15H22N2O3S. The quantitative estimate of drug-likeness (QED) is 0.915. The first-order valence-electron chi connectivity index (χ1n) is 7.19. The predicted molar refractivity (Wildman–Crippen MR) is 82.3 cm³/mol. The number of rotatable bonds is 4. The second kappa shape index (κ2) is 6.15. The number of hydrogen-bond donors (Lipinski definition) is 1. The number of nitrogens with zero attached hydrogens (tertiary/aromatic N) is 1. The summed E-state index contributed by atoms with van der Waals surface area (Å²) < 4.78 is 25.0. The van der Waals surface area contributed by atoms with Crippen molar-refractivity contribution in [3.63, 3.8) is 0 Å². The summed E-state index contributed by atoms with van der Waals surface area (Å²) in [5.74, 6) is -0.165. The average Bonchev–Trinajstić information content (AvgIpc) is 2.43. The van der Waals surface area contributed by atoms with Crippen molar-refractivity contribution in [3.8, 4) is 0 Å². The molecule has 1 aliphatic heterocycles. The lowest BCUT2D eigenvalue weighted by atomic mass is 9.90. The third-order valence-corrected chi connectivity index (χ3v) is 4.63. The van der Waals surface area contributed by atoms with E-state index in [0.29, 0.717) is 6.54 Å². The minimum absolute atomic E-state index is 0.0197. The van der Waals surface area contributed by atoms with Crippen LogP contribution in [0, 0.1) is 0 Å². The Labute approximate surface area is 126 Å². The molecule has 2 atom stereocenters. The molecule has 0 spiro atoms. The van der Waals surface area contributed by atoms with Gasteiger partial charge >= 0.3 is 0 Å². The number of fused-ring (bicyclic) bond motifs is 1. The summed E-state index contributed by atoms with van der Waals surface area (Å²) in [4.78, 5) is 14.4. The summed E-state index contributed by atoms with van der Waals surface area (Å²) in [5, 5.41) is 0. The summed E-state index contributed by atoms with van der Waals surface area (Å²) >= 11 is 0. The van der Waals surface area contributed by atoms with Crippen LogP contribution < -0.4 is 4.72 Å². The van der Waals surface area contributed by atoms with Crippen molar-refractivity contribution in [2.24, 2.45) is 0 Å². The van der Waals surface area contributed by atoms with Gasteiger partial charge in [-0.1, -0.05) is 31.2 Å². The summed E-state index contributed by atoms with van der Waals surface area (Å²) in [6.07, 6.45) is 2.69. The lowest BCUT2D eigenvalue weighted by Crippen LogP contribution is -2.49. The van der Waals surface area contributed by atoms with Crippen LogP contribution in [0.2, 0.25) is 0 Å². The van der Waals surface area contributed by atoms with Crippen LogP contribution >= 0.6 is 0 Å². The van der Waals surface area contributed by atoms with E-state index in [1.54, 1.807) is 11.8 Å². The van der Waals surface area contributed by atoms with Gasteiger partial charge in [-0.2, -0.15) is 0 Å². The van der Waals surface area contributed by atoms with Gasteiger partial charge in [-0.3, -0.25) is 4.79 Å². The Morgan fingerprint density at radius 3 is 2.71 bits per heavy atom. The zero-order valence-corrected chi connectivity index (χ0v) is 13.5. The number of hydrogen-bond acceptors (Lipinski definition) is 3. The minimum atomic E-state index is -3.39. The molecule has 116 valence electrons. The van der Waals surface area contributed by atoms with Gasteiger partial charge in [0.2, 0.25) is 15.9 Å². The van der Waals surface area contributed by atoms with E-state index in [-0.39, 0.29) is 11.9 Å². The number of benzene rings is 1. The molecule has 0 bridgehead atoms. The third-order valence-electron chi connectivity index (χ3n) is 3.84. The maximum atomic E-state index is 12.6. The highest BCUT2D eigenvalue weighted by Crippen LogP contribution is 2.32. The van der Waals surface area contributed by atoms with Crippen LogP contribution in [0.4, 0.5) is 0 Å². The Morgan fingerprint density at radius 2 is 2.10 bits per heavy atom. The Balaban J connectivity index is 2.23. The number of carbonyl (C=O) groups is 1. The van der Waals surface area contributed by atoms with Crippen LogP contribution in [0.5, 0.6) is 0 Å². The van der Waals surface area contributed by atoms with E-state index in [1.807, 2.05) is 19.1 Å². The Kier molecular flexibility index (Phi) is 4.68. The molecule has 5 nitrogen and oxygen atoms in total. The van der Waals surface area contributed by atoms with E-state index in [0.717, 1.165) is 19.1 Å². The second-order valence-electron chi connectivity index (χ2n) is 5.52. The highest BCUT2D eigenvalue weighted by molar-refractivity contribution is 7.88.